The molecule has 16 heavy (non-hydrogen) atoms. The van der Waals surface area contributed by atoms with Crippen molar-refractivity contribution in [2.75, 3.05) is 5.73 Å². The minimum absolute atomic E-state index is 0.466. The van der Waals surface area contributed by atoms with E-state index in [-0.39, 0.29) is 0 Å². The van der Waals surface area contributed by atoms with Crippen molar-refractivity contribution in [3.05, 3.63) is 33.8 Å². The first-order chi connectivity index (χ1) is 7.66. The molecule has 0 unspecified atom stereocenters. The number of halogens is 2. The second-order valence-corrected chi connectivity index (χ2v) is 5.94. The van der Waals surface area contributed by atoms with Gasteiger partial charge in [-0.05, 0) is 17.7 Å². The van der Waals surface area contributed by atoms with Crippen LogP contribution in [0.3, 0.4) is 0 Å². The van der Waals surface area contributed by atoms with E-state index in [0.717, 1.165) is 9.90 Å². The number of nitrogens with two attached hydrogens (primary N) is 1. The van der Waals surface area contributed by atoms with Gasteiger partial charge in [0.1, 0.15) is 0 Å². The van der Waals surface area contributed by atoms with Crippen molar-refractivity contribution in [2.24, 2.45) is 0 Å². The summed E-state index contributed by atoms with van der Waals surface area (Å²) in [5.74, 6) is 0.660. The molecule has 1 aromatic heterocycles. The van der Waals surface area contributed by atoms with E-state index in [2.05, 4.69) is 10.2 Å². The summed E-state index contributed by atoms with van der Waals surface area (Å²) >= 11 is 15.0. The Morgan fingerprint density at radius 2 is 1.94 bits per heavy atom. The lowest BCUT2D eigenvalue weighted by molar-refractivity contribution is 1.02. The number of aromatic nitrogens is 2. The highest BCUT2D eigenvalue weighted by Crippen LogP contribution is 2.32. The lowest BCUT2D eigenvalue weighted by atomic mass is 10.2. The number of hydrogen-bond donors (Lipinski definition) is 1. The summed E-state index contributed by atoms with van der Waals surface area (Å²) in [5.41, 5.74) is 6.39. The number of rotatable bonds is 3. The lowest BCUT2D eigenvalue weighted by Crippen LogP contribution is -1.84. The van der Waals surface area contributed by atoms with Gasteiger partial charge in [0.05, 0.1) is 0 Å². The van der Waals surface area contributed by atoms with Crippen molar-refractivity contribution in [1.82, 2.24) is 10.2 Å². The molecule has 0 radical (unpaired) electrons. The summed E-state index contributed by atoms with van der Waals surface area (Å²) < 4.78 is 0.813. The molecule has 0 atom stereocenters. The van der Waals surface area contributed by atoms with Crippen LogP contribution in [0.15, 0.2) is 22.5 Å². The molecule has 0 aliphatic heterocycles. The second kappa shape index (κ2) is 5.23. The van der Waals surface area contributed by atoms with Crippen LogP contribution in [0.25, 0.3) is 0 Å². The van der Waals surface area contributed by atoms with E-state index >= 15 is 0 Å². The molecule has 0 saturated heterocycles. The first-order valence-corrected chi connectivity index (χ1v) is 6.87. The molecule has 0 amide bonds. The van der Waals surface area contributed by atoms with Gasteiger partial charge in [-0.25, -0.2) is 0 Å². The van der Waals surface area contributed by atoms with Gasteiger partial charge in [-0.3, -0.25) is 0 Å². The lowest BCUT2D eigenvalue weighted by Gasteiger charge is -2.04. The van der Waals surface area contributed by atoms with E-state index in [0.29, 0.717) is 20.9 Å². The van der Waals surface area contributed by atoms with Gasteiger partial charge in [0.15, 0.2) is 4.34 Å². The molecule has 1 aromatic carbocycles. The summed E-state index contributed by atoms with van der Waals surface area (Å²) in [6.07, 6.45) is 0. The van der Waals surface area contributed by atoms with E-state index in [1.54, 1.807) is 0 Å². The molecule has 84 valence electrons. The number of nitrogens with zero attached hydrogens (tertiary/aromatic N) is 2. The zero-order valence-corrected chi connectivity index (χ0v) is 11.1. The van der Waals surface area contributed by atoms with Gasteiger partial charge in [0, 0.05) is 15.8 Å². The molecule has 3 nitrogen and oxygen atoms in total. The zero-order valence-electron chi connectivity index (χ0n) is 7.98. The molecule has 2 N–H and O–H groups in total. The smallest absolute Gasteiger partial charge is 0.203 e. The van der Waals surface area contributed by atoms with Crippen LogP contribution in [0.1, 0.15) is 5.56 Å². The number of hydrogen-bond acceptors (Lipinski definition) is 5. The second-order valence-electron chi connectivity index (χ2n) is 2.90. The van der Waals surface area contributed by atoms with Gasteiger partial charge in [-0.15, -0.1) is 10.2 Å². The van der Waals surface area contributed by atoms with Gasteiger partial charge in [0.2, 0.25) is 5.13 Å². The third-order valence-electron chi connectivity index (χ3n) is 1.82. The van der Waals surface area contributed by atoms with Crippen LogP contribution in [-0.4, -0.2) is 10.2 Å². The number of thioether (sulfide) groups is 1. The molecule has 0 aliphatic carbocycles. The molecular weight excluding hydrogens is 285 g/mol. The summed E-state index contributed by atoms with van der Waals surface area (Å²) in [4.78, 5) is 0. The summed E-state index contributed by atoms with van der Waals surface area (Å²) in [7, 11) is 0. The van der Waals surface area contributed by atoms with Crippen LogP contribution in [0.4, 0.5) is 5.13 Å². The standard InChI is InChI=1S/C9H7Cl2N3S2/c10-6-2-1-3-7(11)5(6)4-15-9-14-13-8(12)16-9/h1-3H,4H2,(H2,12,13). The molecule has 2 aromatic rings. The third kappa shape index (κ3) is 2.79. The quantitative estimate of drug-likeness (QED) is 0.876. The Morgan fingerprint density at radius 1 is 1.25 bits per heavy atom. The van der Waals surface area contributed by atoms with E-state index in [4.69, 9.17) is 28.9 Å². The minimum Gasteiger partial charge on any atom is -0.374 e. The summed E-state index contributed by atoms with van der Waals surface area (Å²) in [5, 5.41) is 9.44. The maximum Gasteiger partial charge on any atom is 0.203 e. The molecule has 0 saturated carbocycles. The summed E-state index contributed by atoms with van der Waals surface area (Å²) in [6.45, 7) is 0. The SMILES string of the molecule is Nc1nnc(SCc2c(Cl)cccc2Cl)s1. The van der Waals surface area contributed by atoms with Crippen LogP contribution >= 0.6 is 46.3 Å². The Labute approximate surface area is 111 Å². The average molecular weight is 292 g/mol. The highest BCUT2D eigenvalue weighted by Gasteiger charge is 2.08. The predicted octanol–water partition coefficient (Wildman–Crippen LogP) is 3.72. The van der Waals surface area contributed by atoms with Gasteiger partial charge >= 0.3 is 0 Å². The van der Waals surface area contributed by atoms with Gasteiger partial charge in [-0.2, -0.15) is 0 Å². The zero-order chi connectivity index (χ0) is 11.5. The maximum atomic E-state index is 6.05. The van der Waals surface area contributed by atoms with Gasteiger partial charge in [0.25, 0.3) is 0 Å². The Hall–Kier alpha value is -0.490. The van der Waals surface area contributed by atoms with Crippen LogP contribution in [0.5, 0.6) is 0 Å². The van der Waals surface area contributed by atoms with E-state index in [1.807, 2.05) is 18.2 Å². The Morgan fingerprint density at radius 3 is 2.50 bits per heavy atom. The molecular formula is C9H7Cl2N3S2. The van der Waals surface area contributed by atoms with E-state index in [1.165, 1.54) is 23.1 Å². The van der Waals surface area contributed by atoms with Crippen molar-refractivity contribution in [1.29, 1.82) is 0 Å². The maximum absolute atomic E-state index is 6.05. The number of anilines is 1. The number of benzene rings is 1. The predicted molar refractivity (Wildman–Crippen MR) is 70.3 cm³/mol. The first kappa shape index (κ1) is 12.0. The Balaban J connectivity index is 2.10. The third-order valence-corrected chi connectivity index (χ3v) is 4.44. The monoisotopic (exact) mass is 291 g/mol. The molecule has 0 fully saturated rings. The van der Waals surface area contributed by atoms with Crippen LogP contribution in [0, 0.1) is 0 Å². The molecule has 7 heteroatoms. The van der Waals surface area contributed by atoms with Gasteiger partial charge < -0.3 is 5.73 Å². The average Bonchev–Trinajstić information content (AvgIpc) is 2.63. The van der Waals surface area contributed by atoms with Gasteiger partial charge in [-0.1, -0.05) is 52.4 Å². The minimum atomic E-state index is 0.466. The molecule has 2 rings (SSSR count). The van der Waals surface area contributed by atoms with Crippen molar-refractivity contribution in [2.45, 2.75) is 10.1 Å². The highest BCUT2D eigenvalue weighted by molar-refractivity contribution is 8.00. The van der Waals surface area contributed by atoms with Crippen molar-refractivity contribution in [3.63, 3.8) is 0 Å². The molecule has 1 heterocycles. The topological polar surface area (TPSA) is 51.8 Å². The fourth-order valence-electron chi connectivity index (χ4n) is 1.08. The first-order valence-electron chi connectivity index (χ1n) is 4.31. The van der Waals surface area contributed by atoms with Crippen molar-refractivity contribution in [3.8, 4) is 0 Å². The van der Waals surface area contributed by atoms with Crippen LogP contribution < -0.4 is 5.73 Å². The molecule has 0 bridgehead atoms. The number of nitrogen functional groups attached to an aromatic ring is 1. The highest BCUT2D eigenvalue weighted by atomic mass is 35.5. The fraction of sp³-hybridized carbons (Fsp3) is 0.111. The van der Waals surface area contributed by atoms with Crippen LogP contribution in [-0.2, 0) is 5.75 Å². The van der Waals surface area contributed by atoms with Crippen molar-refractivity contribution < 1.29 is 0 Å². The van der Waals surface area contributed by atoms with Crippen LogP contribution in [0.2, 0.25) is 10.0 Å². The molecule has 0 spiro atoms. The Bertz CT molecular complexity index is 481. The molecule has 0 aliphatic rings. The largest absolute Gasteiger partial charge is 0.374 e. The van der Waals surface area contributed by atoms with Crippen molar-refractivity contribution >= 4 is 51.4 Å². The normalized spacial score (nSPS) is 10.6. The Kier molecular flexibility index (Phi) is 3.91. The fourth-order valence-corrected chi connectivity index (χ4v) is 3.46. The van der Waals surface area contributed by atoms with E-state index < -0.39 is 0 Å². The van der Waals surface area contributed by atoms with E-state index in [9.17, 15) is 0 Å². The summed E-state index contributed by atoms with van der Waals surface area (Å²) in [6, 6.07) is 5.46.